The fraction of sp³-hybridized carbons (Fsp3) is 0.400. The highest BCUT2D eigenvalue weighted by atomic mass is 19.2. The molecular formula is C10H12F3N. The summed E-state index contributed by atoms with van der Waals surface area (Å²) in [6.07, 6.45) is 0. The molecule has 0 amide bonds. The molecule has 0 aliphatic carbocycles. The van der Waals surface area contributed by atoms with Gasteiger partial charge in [-0.2, -0.15) is 0 Å². The van der Waals surface area contributed by atoms with Gasteiger partial charge < -0.3 is 5.73 Å². The molecule has 0 saturated heterocycles. The number of hydrogen-bond donors (Lipinski definition) is 1. The topological polar surface area (TPSA) is 26.0 Å². The highest BCUT2D eigenvalue weighted by Gasteiger charge is 2.22. The van der Waals surface area contributed by atoms with E-state index in [1.54, 1.807) is 13.8 Å². The molecule has 0 saturated carbocycles. The molecule has 1 aromatic rings. The van der Waals surface area contributed by atoms with Crippen LogP contribution < -0.4 is 5.73 Å². The first kappa shape index (κ1) is 10.9. The third-order valence-corrected chi connectivity index (χ3v) is 2.21. The van der Waals surface area contributed by atoms with Gasteiger partial charge in [0.1, 0.15) is 0 Å². The number of nitrogen functional groups attached to an aromatic ring is 1. The van der Waals surface area contributed by atoms with Crippen molar-refractivity contribution in [2.75, 3.05) is 5.73 Å². The van der Waals surface area contributed by atoms with Crippen molar-refractivity contribution in [1.82, 2.24) is 0 Å². The van der Waals surface area contributed by atoms with Gasteiger partial charge in [-0.15, -0.1) is 0 Å². The number of benzene rings is 1. The van der Waals surface area contributed by atoms with Gasteiger partial charge in [-0.1, -0.05) is 13.8 Å². The largest absolute Gasteiger partial charge is 0.396 e. The Bertz CT molecular complexity index is 343. The third kappa shape index (κ3) is 1.45. The minimum Gasteiger partial charge on any atom is -0.396 e. The Morgan fingerprint density at radius 1 is 1.00 bits per heavy atom. The maximum absolute atomic E-state index is 13.4. The Labute approximate surface area is 80.7 Å². The van der Waals surface area contributed by atoms with Gasteiger partial charge in [0.25, 0.3) is 0 Å². The highest BCUT2D eigenvalue weighted by Crippen LogP contribution is 2.30. The second-order valence-corrected chi connectivity index (χ2v) is 3.55. The van der Waals surface area contributed by atoms with Crippen LogP contribution in [0.5, 0.6) is 0 Å². The Morgan fingerprint density at radius 2 is 1.50 bits per heavy atom. The van der Waals surface area contributed by atoms with E-state index >= 15 is 0 Å². The maximum atomic E-state index is 13.4. The molecule has 0 aromatic heterocycles. The zero-order valence-electron chi connectivity index (χ0n) is 8.29. The van der Waals surface area contributed by atoms with E-state index in [-0.39, 0.29) is 16.8 Å². The van der Waals surface area contributed by atoms with Gasteiger partial charge in [0.15, 0.2) is 17.5 Å². The number of anilines is 1. The van der Waals surface area contributed by atoms with Gasteiger partial charge in [0.2, 0.25) is 0 Å². The van der Waals surface area contributed by atoms with E-state index in [1.165, 1.54) is 6.92 Å². The molecule has 0 radical (unpaired) electrons. The summed E-state index contributed by atoms with van der Waals surface area (Å²) in [5.74, 6) is -3.49. The molecule has 0 spiro atoms. The smallest absolute Gasteiger partial charge is 0.165 e. The van der Waals surface area contributed by atoms with E-state index in [9.17, 15) is 13.2 Å². The average molecular weight is 203 g/mol. The van der Waals surface area contributed by atoms with E-state index in [1.807, 2.05) is 0 Å². The van der Waals surface area contributed by atoms with Crippen molar-refractivity contribution < 1.29 is 13.2 Å². The fourth-order valence-corrected chi connectivity index (χ4v) is 1.31. The Morgan fingerprint density at radius 3 is 1.93 bits per heavy atom. The van der Waals surface area contributed by atoms with Crippen molar-refractivity contribution >= 4 is 5.69 Å². The van der Waals surface area contributed by atoms with Crippen LogP contribution in [0, 0.1) is 24.4 Å². The Balaban J connectivity index is 3.60. The van der Waals surface area contributed by atoms with Crippen LogP contribution in [0.1, 0.15) is 30.9 Å². The van der Waals surface area contributed by atoms with Crippen LogP contribution in [0.25, 0.3) is 0 Å². The first-order chi connectivity index (χ1) is 6.37. The first-order valence-electron chi connectivity index (χ1n) is 4.30. The van der Waals surface area contributed by atoms with Gasteiger partial charge in [-0.25, -0.2) is 13.2 Å². The molecule has 1 rings (SSSR count). The Hall–Kier alpha value is -1.19. The summed E-state index contributed by atoms with van der Waals surface area (Å²) in [6, 6.07) is 0. The fourth-order valence-electron chi connectivity index (χ4n) is 1.31. The molecule has 0 unspecified atom stereocenters. The van der Waals surface area contributed by atoms with Crippen LogP contribution in [-0.2, 0) is 0 Å². The SMILES string of the molecule is Cc1c(N)c(F)c(C(C)C)c(F)c1F. The monoisotopic (exact) mass is 203 g/mol. The molecule has 1 aromatic carbocycles. The van der Waals surface area contributed by atoms with Gasteiger partial charge in [0, 0.05) is 11.1 Å². The second kappa shape index (κ2) is 3.52. The summed E-state index contributed by atoms with van der Waals surface area (Å²) in [5, 5.41) is 0. The van der Waals surface area contributed by atoms with Crippen LogP contribution in [0.4, 0.5) is 18.9 Å². The standard InChI is InChI=1S/C10H12F3N/c1-4(2)6-8(12)7(11)5(3)10(14)9(6)13/h4H,14H2,1-3H3. The van der Waals surface area contributed by atoms with Crippen LogP contribution in [0.2, 0.25) is 0 Å². The van der Waals surface area contributed by atoms with Crippen molar-refractivity contribution in [2.45, 2.75) is 26.7 Å². The van der Waals surface area contributed by atoms with Crippen LogP contribution in [0.15, 0.2) is 0 Å². The second-order valence-electron chi connectivity index (χ2n) is 3.55. The van der Waals surface area contributed by atoms with Gasteiger partial charge in [-0.05, 0) is 12.8 Å². The molecular weight excluding hydrogens is 191 g/mol. The van der Waals surface area contributed by atoms with Crippen molar-refractivity contribution in [3.63, 3.8) is 0 Å². The van der Waals surface area contributed by atoms with Gasteiger partial charge in [0.05, 0.1) is 5.69 Å². The summed E-state index contributed by atoms with van der Waals surface area (Å²) in [4.78, 5) is 0. The minimum absolute atomic E-state index is 0.176. The summed E-state index contributed by atoms with van der Waals surface area (Å²) in [7, 11) is 0. The van der Waals surface area contributed by atoms with Crippen LogP contribution in [0.3, 0.4) is 0 Å². The highest BCUT2D eigenvalue weighted by molar-refractivity contribution is 5.52. The lowest BCUT2D eigenvalue weighted by Crippen LogP contribution is -2.08. The number of hydrogen-bond acceptors (Lipinski definition) is 1. The van der Waals surface area contributed by atoms with E-state index in [4.69, 9.17) is 5.73 Å². The number of nitrogens with two attached hydrogens (primary N) is 1. The number of rotatable bonds is 1. The Kier molecular flexibility index (Phi) is 2.73. The van der Waals surface area contributed by atoms with Crippen molar-refractivity contribution in [3.05, 3.63) is 28.6 Å². The zero-order valence-corrected chi connectivity index (χ0v) is 8.29. The molecule has 14 heavy (non-hydrogen) atoms. The van der Waals surface area contributed by atoms with Crippen molar-refractivity contribution in [3.8, 4) is 0 Å². The first-order valence-corrected chi connectivity index (χ1v) is 4.30. The van der Waals surface area contributed by atoms with Crippen LogP contribution in [-0.4, -0.2) is 0 Å². The molecule has 0 aliphatic rings. The molecule has 78 valence electrons. The molecule has 1 nitrogen and oxygen atoms in total. The number of halogens is 3. The quantitative estimate of drug-likeness (QED) is 0.550. The summed E-state index contributed by atoms with van der Waals surface area (Å²) >= 11 is 0. The molecule has 2 N–H and O–H groups in total. The maximum Gasteiger partial charge on any atom is 0.165 e. The third-order valence-electron chi connectivity index (χ3n) is 2.21. The minimum atomic E-state index is -1.14. The predicted octanol–water partition coefficient (Wildman–Crippen LogP) is 3.12. The zero-order chi connectivity index (χ0) is 11.0. The summed E-state index contributed by atoms with van der Waals surface area (Å²) < 4.78 is 39.9. The van der Waals surface area contributed by atoms with E-state index < -0.39 is 23.4 Å². The van der Waals surface area contributed by atoms with Crippen molar-refractivity contribution in [1.29, 1.82) is 0 Å². The van der Waals surface area contributed by atoms with Gasteiger partial charge >= 0.3 is 0 Å². The van der Waals surface area contributed by atoms with Crippen molar-refractivity contribution in [2.24, 2.45) is 0 Å². The predicted molar refractivity (Wildman–Crippen MR) is 49.6 cm³/mol. The lowest BCUT2D eigenvalue weighted by molar-refractivity contribution is 0.469. The molecule has 0 fully saturated rings. The van der Waals surface area contributed by atoms with Crippen LogP contribution >= 0.6 is 0 Å². The van der Waals surface area contributed by atoms with Gasteiger partial charge in [-0.3, -0.25) is 0 Å². The lowest BCUT2D eigenvalue weighted by atomic mass is 9.98. The van der Waals surface area contributed by atoms with E-state index in [2.05, 4.69) is 0 Å². The lowest BCUT2D eigenvalue weighted by Gasteiger charge is -2.13. The van der Waals surface area contributed by atoms with E-state index in [0.717, 1.165) is 0 Å². The summed E-state index contributed by atoms with van der Waals surface area (Å²) in [6.45, 7) is 4.41. The summed E-state index contributed by atoms with van der Waals surface area (Å²) in [5.41, 5.74) is 4.53. The molecule has 4 heteroatoms. The molecule has 0 bridgehead atoms. The average Bonchev–Trinajstić information content (AvgIpc) is 2.11. The molecule has 0 atom stereocenters. The molecule has 0 aliphatic heterocycles. The molecule has 0 heterocycles. The normalized spacial score (nSPS) is 11.1. The van der Waals surface area contributed by atoms with E-state index in [0.29, 0.717) is 0 Å².